The smallest absolute Gasteiger partial charge is 0.328 e. The molecule has 0 amide bonds. The molecule has 1 unspecified atom stereocenters. The fraction of sp³-hybridized carbons (Fsp3) is 0.545. The number of esters is 1. The van der Waals surface area contributed by atoms with Crippen molar-refractivity contribution in [2.24, 2.45) is 0 Å². The van der Waals surface area contributed by atoms with Gasteiger partial charge in [-0.3, -0.25) is 5.32 Å². The van der Waals surface area contributed by atoms with Crippen molar-refractivity contribution in [3.63, 3.8) is 0 Å². The lowest BCUT2D eigenvalue weighted by molar-refractivity contribution is -0.145. The Bertz CT molecular complexity index is 356. The maximum absolute atomic E-state index is 11.8. The van der Waals surface area contributed by atoms with E-state index in [1.54, 1.807) is 14.0 Å². The van der Waals surface area contributed by atoms with Crippen LogP contribution in [0.3, 0.4) is 0 Å². The van der Waals surface area contributed by atoms with E-state index < -0.39 is 6.04 Å². The van der Waals surface area contributed by atoms with Crippen molar-refractivity contribution >= 4 is 33.2 Å². The first-order chi connectivity index (χ1) is 8.19. The van der Waals surface area contributed by atoms with E-state index in [4.69, 9.17) is 9.47 Å². The summed E-state index contributed by atoms with van der Waals surface area (Å²) in [5, 5.41) is 3.12. The van der Waals surface area contributed by atoms with Gasteiger partial charge in [0.1, 0.15) is 6.04 Å². The maximum Gasteiger partial charge on any atom is 0.328 e. The van der Waals surface area contributed by atoms with Crippen LogP contribution in [0.5, 0.6) is 0 Å². The third-order valence-corrected chi connectivity index (χ3v) is 3.74. The quantitative estimate of drug-likeness (QED) is 0.618. The summed E-state index contributed by atoms with van der Waals surface area (Å²) in [4.78, 5) is 12.7. The normalized spacial score (nSPS) is 12.4. The number of thiophene rings is 1. The molecule has 6 heteroatoms. The fourth-order valence-electron chi connectivity index (χ4n) is 1.31. The van der Waals surface area contributed by atoms with Crippen molar-refractivity contribution < 1.29 is 14.3 Å². The van der Waals surface area contributed by atoms with Gasteiger partial charge in [-0.05, 0) is 35.0 Å². The van der Waals surface area contributed by atoms with Gasteiger partial charge in [-0.1, -0.05) is 0 Å². The van der Waals surface area contributed by atoms with Crippen molar-refractivity contribution in [2.75, 3.05) is 26.9 Å². The van der Waals surface area contributed by atoms with Crippen molar-refractivity contribution in [3.05, 3.63) is 20.8 Å². The second-order valence-corrected chi connectivity index (χ2v) is 5.77. The Morgan fingerprint density at radius 1 is 1.59 bits per heavy atom. The molecule has 17 heavy (non-hydrogen) atoms. The van der Waals surface area contributed by atoms with Gasteiger partial charge in [0.15, 0.2) is 0 Å². The van der Waals surface area contributed by atoms with Gasteiger partial charge in [-0.25, -0.2) is 4.79 Å². The Kier molecular flexibility index (Phi) is 6.72. The van der Waals surface area contributed by atoms with Gasteiger partial charge in [-0.2, -0.15) is 0 Å². The molecule has 4 nitrogen and oxygen atoms in total. The van der Waals surface area contributed by atoms with Gasteiger partial charge >= 0.3 is 5.97 Å². The van der Waals surface area contributed by atoms with Crippen molar-refractivity contribution in [1.82, 2.24) is 5.32 Å². The Balaban J connectivity index is 2.68. The number of nitrogens with one attached hydrogen (secondary N) is 1. The van der Waals surface area contributed by atoms with Crippen LogP contribution < -0.4 is 5.32 Å². The number of carbonyl (C=O) groups is 1. The molecule has 0 radical (unpaired) electrons. The molecule has 0 spiro atoms. The summed E-state index contributed by atoms with van der Waals surface area (Å²) in [7, 11) is 1.63. The standard InChI is InChI=1S/C11H16BrNO3S/c1-3-16-11(14)10(13-6-7-15-2)8-4-5-9(12)17-8/h4-5,10,13H,3,6-7H2,1-2H3. The molecule has 0 aliphatic rings. The minimum atomic E-state index is -0.415. The molecule has 96 valence electrons. The average Bonchev–Trinajstić information content (AvgIpc) is 2.71. The Hall–Kier alpha value is -0.430. The van der Waals surface area contributed by atoms with Crippen molar-refractivity contribution in [2.45, 2.75) is 13.0 Å². The summed E-state index contributed by atoms with van der Waals surface area (Å²) in [5.74, 6) is -0.252. The van der Waals surface area contributed by atoms with E-state index in [1.165, 1.54) is 11.3 Å². The maximum atomic E-state index is 11.8. The molecule has 1 aromatic rings. The summed E-state index contributed by atoms with van der Waals surface area (Å²) in [6, 6.07) is 3.42. The molecule has 1 heterocycles. The molecule has 0 saturated heterocycles. The van der Waals surface area contributed by atoms with Crippen LogP contribution in [-0.2, 0) is 14.3 Å². The van der Waals surface area contributed by atoms with Crippen LogP contribution in [0.15, 0.2) is 15.9 Å². The molecule has 0 fully saturated rings. The van der Waals surface area contributed by atoms with Crippen LogP contribution in [0.1, 0.15) is 17.8 Å². The summed E-state index contributed by atoms with van der Waals surface area (Å²) < 4.78 is 11.0. The van der Waals surface area contributed by atoms with E-state index >= 15 is 0 Å². The van der Waals surface area contributed by atoms with Gasteiger partial charge in [0.2, 0.25) is 0 Å². The summed E-state index contributed by atoms with van der Waals surface area (Å²) in [6.07, 6.45) is 0. The van der Waals surface area contributed by atoms with Crippen LogP contribution >= 0.6 is 27.3 Å². The van der Waals surface area contributed by atoms with E-state index in [2.05, 4.69) is 21.2 Å². The molecule has 0 aliphatic heterocycles. The number of hydrogen-bond donors (Lipinski definition) is 1. The minimum absolute atomic E-state index is 0.252. The number of ether oxygens (including phenoxy) is 2. The fourth-order valence-corrected chi connectivity index (χ4v) is 2.80. The Labute approximate surface area is 113 Å². The lowest BCUT2D eigenvalue weighted by atomic mass is 10.2. The van der Waals surface area contributed by atoms with Crippen molar-refractivity contribution in [3.8, 4) is 0 Å². The number of halogens is 1. The second kappa shape index (κ2) is 7.81. The molecule has 0 aromatic carbocycles. The highest BCUT2D eigenvalue weighted by molar-refractivity contribution is 9.11. The first kappa shape index (κ1) is 14.6. The monoisotopic (exact) mass is 321 g/mol. The zero-order chi connectivity index (χ0) is 12.7. The molecule has 0 saturated carbocycles. The van der Waals surface area contributed by atoms with Crippen LogP contribution in [0.4, 0.5) is 0 Å². The van der Waals surface area contributed by atoms with Gasteiger partial charge in [0.25, 0.3) is 0 Å². The van der Waals surface area contributed by atoms with Crippen LogP contribution in [0, 0.1) is 0 Å². The number of hydrogen-bond acceptors (Lipinski definition) is 5. The minimum Gasteiger partial charge on any atom is -0.465 e. The number of rotatable bonds is 7. The molecule has 0 bridgehead atoms. The van der Waals surface area contributed by atoms with E-state index in [9.17, 15) is 4.79 Å². The molecule has 0 aliphatic carbocycles. The lowest BCUT2D eigenvalue weighted by Crippen LogP contribution is -2.31. The van der Waals surface area contributed by atoms with Gasteiger partial charge in [0.05, 0.1) is 17.0 Å². The second-order valence-electron chi connectivity index (χ2n) is 3.27. The largest absolute Gasteiger partial charge is 0.465 e. The van der Waals surface area contributed by atoms with E-state index in [1.807, 2.05) is 12.1 Å². The molecule has 1 aromatic heterocycles. The SMILES string of the molecule is CCOC(=O)C(NCCOC)c1ccc(Br)s1. The Morgan fingerprint density at radius 2 is 2.35 bits per heavy atom. The third kappa shape index (κ3) is 4.75. The van der Waals surface area contributed by atoms with E-state index in [-0.39, 0.29) is 5.97 Å². The van der Waals surface area contributed by atoms with Crippen molar-refractivity contribution in [1.29, 1.82) is 0 Å². The Morgan fingerprint density at radius 3 is 2.88 bits per heavy atom. The summed E-state index contributed by atoms with van der Waals surface area (Å²) in [5.41, 5.74) is 0. The van der Waals surface area contributed by atoms with Gasteiger partial charge in [0, 0.05) is 18.5 Å². The first-order valence-corrected chi connectivity index (χ1v) is 6.94. The zero-order valence-corrected chi connectivity index (χ0v) is 12.3. The zero-order valence-electron chi connectivity index (χ0n) is 9.86. The molecular formula is C11H16BrNO3S. The summed E-state index contributed by atoms with van der Waals surface area (Å²) in [6.45, 7) is 3.35. The predicted molar refractivity (Wildman–Crippen MR) is 71.3 cm³/mol. The third-order valence-electron chi connectivity index (χ3n) is 2.06. The summed E-state index contributed by atoms with van der Waals surface area (Å²) >= 11 is 4.90. The average molecular weight is 322 g/mol. The highest BCUT2D eigenvalue weighted by atomic mass is 79.9. The predicted octanol–water partition coefficient (Wildman–Crippen LogP) is 2.35. The highest BCUT2D eigenvalue weighted by Crippen LogP contribution is 2.28. The lowest BCUT2D eigenvalue weighted by Gasteiger charge is -2.15. The molecule has 1 atom stereocenters. The highest BCUT2D eigenvalue weighted by Gasteiger charge is 2.22. The topological polar surface area (TPSA) is 47.6 Å². The van der Waals surface area contributed by atoms with E-state index in [0.29, 0.717) is 19.8 Å². The van der Waals surface area contributed by atoms with E-state index in [0.717, 1.165) is 8.66 Å². The van der Waals surface area contributed by atoms with Crippen LogP contribution in [0.2, 0.25) is 0 Å². The number of carbonyl (C=O) groups excluding carboxylic acids is 1. The van der Waals surface area contributed by atoms with Gasteiger partial charge < -0.3 is 9.47 Å². The molecule has 1 rings (SSSR count). The van der Waals surface area contributed by atoms with Crippen LogP contribution in [-0.4, -0.2) is 32.8 Å². The molecule has 1 N–H and O–H groups in total. The number of methoxy groups -OCH3 is 1. The van der Waals surface area contributed by atoms with Gasteiger partial charge in [-0.15, -0.1) is 11.3 Å². The van der Waals surface area contributed by atoms with Crippen LogP contribution in [0.25, 0.3) is 0 Å². The molecular weight excluding hydrogens is 306 g/mol. The first-order valence-electron chi connectivity index (χ1n) is 5.33.